The summed E-state index contributed by atoms with van der Waals surface area (Å²) in [6.07, 6.45) is 0. The van der Waals surface area contributed by atoms with Gasteiger partial charge in [-0.05, 0) is 33.8 Å². The SMILES string of the molecule is C[Si](O)(c1ccccc1)c1ccc([Si](C)(O)c2ccccc2)cc1. The van der Waals surface area contributed by atoms with Crippen molar-refractivity contribution in [3.8, 4) is 0 Å². The molecular weight excluding hydrogens is 328 g/mol. The minimum atomic E-state index is -2.68. The van der Waals surface area contributed by atoms with Crippen molar-refractivity contribution in [2.45, 2.75) is 13.1 Å². The van der Waals surface area contributed by atoms with Crippen LogP contribution in [0.3, 0.4) is 0 Å². The van der Waals surface area contributed by atoms with Gasteiger partial charge in [-0.3, -0.25) is 0 Å². The standard InChI is InChI=1S/C20H22O2Si2/c1-23(21,17-9-5-3-6-10-17)19-13-15-20(16-14-19)24(2,22)18-11-7-4-8-12-18/h3-16,21-22H,1-2H3. The van der Waals surface area contributed by atoms with Gasteiger partial charge >= 0.3 is 0 Å². The summed E-state index contributed by atoms with van der Waals surface area (Å²) < 4.78 is 0. The van der Waals surface area contributed by atoms with Gasteiger partial charge in [-0.15, -0.1) is 0 Å². The Morgan fingerprint density at radius 2 is 0.708 bits per heavy atom. The Morgan fingerprint density at radius 1 is 0.458 bits per heavy atom. The van der Waals surface area contributed by atoms with Crippen LogP contribution < -0.4 is 20.7 Å². The van der Waals surface area contributed by atoms with Crippen molar-refractivity contribution in [1.29, 1.82) is 0 Å². The zero-order valence-electron chi connectivity index (χ0n) is 14.0. The zero-order valence-corrected chi connectivity index (χ0v) is 16.0. The van der Waals surface area contributed by atoms with E-state index in [1.165, 1.54) is 0 Å². The lowest BCUT2D eigenvalue weighted by Crippen LogP contribution is -2.58. The van der Waals surface area contributed by atoms with Gasteiger partial charge in [-0.1, -0.05) is 84.9 Å². The van der Waals surface area contributed by atoms with E-state index in [9.17, 15) is 9.59 Å². The summed E-state index contributed by atoms with van der Waals surface area (Å²) >= 11 is 0. The van der Waals surface area contributed by atoms with Crippen LogP contribution in [0.25, 0.3) is 0 Å². The monoisotopic (exact) mass is 350 g/mol. The largest absolute Gasteiger partial charge is 0.424 e. The third-order valence-corrected chi connectivity index (χ3v) is 10.5. The van der Waals surface area contributed by atoms with E-state index in [1.54, 1.807) is 0 Å². The van der Waals surface area contributed by atoms with Crippen molar-refractivity contribution in [1.82, 2.24) is 0 Å². The lowest BCUT2D eigenvalue weighted by Gasteiger charge is -2.24. The summed E-state index contributed by atoms with van der Waals surface area (Å²) in [4.78, 5) is 22.1. The highest BCUT2D eigenvalue weighted by molar-refractivity contribution is 6.96. The van der Waals surface area contributed by atoms with Crippen molar-refractivity contribution in [3.05, 3.63) is 84.9 Å². The minimum Gasteiger partial charge on any atom is -0.424 e. The first-order valence-corrected chi connectivity index (χ1v) is 13.0. The molecule has 3 aromatic carbocycles. The molecule has 2 unspecified atom stereocenters. The first-order valence-electron chi connectivity index (χ1n) is 8.09. The van der Waals surface area contributed by atoms with Gasteiger partial charge in [0.1, 0.15) is 0 Å². The molecule has 3 rings (SSSR count). The second-order valence-electron chi connectivity index (χ2n) is 6.45. The topological polar surface area (TPSA) is 40.5 Å². The summed E-state index contributed by atoms with van der Waals surface area (Å²) in [6.45, 7) is 3.87. The molecule has 4 heteroatoms. The van der Waals surface area contributed by atoms with Gasteiger partial charge in [0.15, 0.2) is 0 Å². The fraction of sp³-hybridized carbons (Fsp3) is 0.100. The normalized spacial score (nSPS) is 16.2. The molecule has 0 fully saturated rings. The van der Waals surface area contributed by atoms with E-state index >= 15 is 0 Å². The molecule has 122 valence electrons. The average molecular weight is 351 g/mol. The van der Waals surface area contributed by atoms with Crippen LogP contribution in [-0.4, -0.2) is 26.2 Å². The Kier molecular flexibility index (Phi) is 4.56. The van der Waals surface area contributed by atoms with Crippen LogP contribution in [0.1, 0.15) is 0 Å². The quantitative estimate of drug-likeness (QED) is 0.691. The summed E-state index contributed by atoms with van der Waals surface area (Å²) in [6, 6.07) is 27.6. The van der Waals surface area contributed by atoms with E-state index in [4.69, 9.17) is 0 Å². The van der Waals surface area contributed by atoms with Gasteiger partial charge < -0.3 is 9.59 Å². The Morgan fingerprint density at radius 3 is 1.00 bits per heavy atom. The number of hydrogen-bond donors (Lipinski definition) is 2. The van der Waals surface area contributed by atoms with Crippen LogP contribution in [0.5, 0.6) is 0 Å². The van der Waals surface area contributed by atoms with Crippen LogP contribution in [0.2, 0.25) is 13.1 Å². The molecule has 2 N–H and O–H groups in total. The third-order valence-electron chi connectivity index (χ3n) is 4.68. The molecular formula is C20H22O2Si2. The molecule has 3 aromatic rings. The van der Waals surface area contributed by atoms with E-state index in [2.05, 4.69) is 0 Å². The van der Waals surface area contributed by atoms with Crippen molar-refractivity contribution >= 4 is 37.4 Å². The molecule has 0 heterocycles. The highest BCUT2D eigenvalue weighted by Gasteiger charge is 2.32. The molecule has 0 saturated heterocycles. The minimum absolute atomic E-state index is 0.954. The van der Waals surface area contributed by atoms with Gasteiger partial charge in [0.05, 0.1) is 0 Å². The second-order valence-corrected chi connectivity index (χ2v) is 13.1. The van der Waals surface area contributed by atoms with Gasteiger partial charge in [-0.25, -0.2) is 0 Å². The van der Waals surface area contributed by atoms with Gasteiger partial charge in [0.2, 0.25) is 16.6 Å². The van der Waals surface area contributed by atoms with Crippen LogP contribution in [0.15, 0.2) is 84.9 Å². The lowest BCUT2D eigenvalue weighted by molar-refractivity contribution is 0.574. The van der Waals surface area contributed by atoms with E-state index in [-0.39, 0.29) is 0 Å². The summed E-state index contributed by atoms with van der Waals surface area (Å²) in [5.41, 5.74) is 0. The fourth-order valence-electron chi connectivity index (χ4n) is 2.98. The van der Waals surface area contributed by atoms with E-state index in [0.29, 0.717) is 0 Å². The molecule has 0 radical (unpaired) electrons. The van der Waals surface area contributed by atoms with Crippen LogP contribution in [0, 0.1) is 0 Å². The Labute approximate surface area is 145 Å². The number of rotatable bonds is 4. The molecule has 0 amide bonds. The van der Waals surface area contributed by atoms with Crippen molar-refractivity contribution in [3.63, 3.8) is 0 Å². The van der Waals surface area contributed by atoms with Crippen molar-refractivity contribution in [2.24, 2.45) is 0 Å². The highest BCUT2D eigenvalue weighted by atomic mass is 28.4. The molecule has 0 aliphatic carbocycles. The molecule has 2 nitrogen and oxygen atoms in total. The first-order chi connectivity index (χ1) is 11.4. The predicted octanol–water partition coefficient (Wildman–Crippen LogP) is 1.05. The van der Waals surface area contributed by atoms with Crippen LogP contribution in [-0.2, 0) is 0 Å². The molecule has 0 spiro atoms. The number of benzene rings is 3. The van der Waals surface area contributed by atoms with E-state index in [0.717, 1.165) is 20.7 Å². The fourth-order valence-corrected chi connectivity index (χ4v) is 6.96. The molecule has 0 bridgehead atoms. The predicted molar refractivity (Wildman–Crippen MR) is 106 cm³/mol. The molecule has 2 atom stereocenters. The van der Waals surface area contributed by atoms with E-state index in [1.807, 2.05) is 98.0 Å². The Hall–Kier alpha value is -1.99. The summed E-state index contributed by atoms with van der Waals surface area (Å²) in [5, 5.41) is 3.89. The van der Waals surface area contributed by atoms with Crippen LogP contribution in [0.4, 0.5) is 0 Å². The summed E-state index contributed by atoms with van der Waals surface area (Å²) in [7, 11) is -5.37. The lowest BCUT2D eigenvalue weighted by atomic mass is 10.3. The second kappa shape index (κ2) is 6.49. The maximum absolute atomic E-state index is 11.1. The molecule has 0 aliphatic heterocycles. The maximum atomic E-state index is 11.1. The van der Waals surface area contributed by atoms with Gasteiger partial charge in [0.25, 0.3) is 0 Å². The van der Waals surface area contributed by atoms with Gasteiger partial charge in [0, 0.05) is 0 Å². The third kappa shape index (κ3) is 3.14. The first kappa shape index (κ1) is 16.9. The summed E-state index contributed by atoms with van der Waals surface area (Å²) in [5.74, 6) is 0. The molecule has 0 saturated carbocycles. The average Bonchev–Trinajstić information content (AvgIpc) is 2.63. The zero-order chi connectivity index (χ0) is 17.2. The van der Waals surface area contributed by atoms with Crippen LogP contribution >= 0.6 is 0 Å². The molecule has 24 heavy (non-hydrogen) atoms. The highest BCUT2D eigenvalue weighted by Crippen LogP contribution is 2.04. The number of hydrogen-bond acceptors (Lipinski definition) is 2. The van der Waals surface area contributed by atoms with E-state index < -0.39 is 16.6 Å². The maximum Gasteiger partial charge on any atom is 0.249 e. The Balaban J connectivity index is 1.94. The van der Waals surface area contributed by atoms with Crippen molar-refractivity contribution < 1.29 is 9.59 Å². The molecule has 0 aromatic heterocycles. The smallest absolute Gasteiger partial charge is 0.249 e. The Bertz CT molecular complexity index is 728. The van der Waals surface area contributed by atoms with Gasteiger partial charge in [-0.2, -0.15) is 0 Å². The molecule has 0 aliphatic rings. The van der Waals surface area contributed by atoms with Crippen molar-refractivity contribution in [2.75, 3.05) is 0 Å².